The number of carbonyl (C=O) groups is 2. The van der Waals surface area contributed by atoms with Crippen LogP contribution in [-0.2, 0) is 19.7 Å². The molecule has 1 aromatic carbocycles. The molecular formula is C19H26BrN3O3. The Kier molecular flexibility index (Phi) is 6.32. The van der Waals surface area contributed by atoms with Gasteiger partial charge in [-0.05, 0) is 30.5 Å². The van der Waals surface area contributed by atoms with Gasteiger partial charge in [0.1, 0.15) is 0 Å². The number of hydrogen-bond acceptors (Lipinski definition) is 4. The van der Waals surface area contributed by atoms with Crippen LogP contribution in [0.1, 0.15) is 18.4 Å². The molecule has 7 heteroatoms. The van der Waals surface area contributed by atoms with E-state index >= 15 is 0 Å². The lowest BCUT2D eigenvalue weighted by molar-refractivity contribution is -0.136. The maximum Gasteiger partial charge on any atom is 0.234 e. The Hall–Kier alpha value is -1.44. The first-order chi connectivity index (χ1) is 12.5. The number of hydrogen-bond donors (Lipinski definition) is 1. The van der Waals surface area contributed by atoms with Crippen molar-refractivity contribution in [3.63, 3.8) is 0 Å². The SMILES string of the molecule is COCCNC(=O)CN1CCN(C(=O)C2(c3ccc(Br)cc3)CC2)CC1. The summed E-state index contributed by atoms with van der Waals surface area (Å²) in [4.78, 5) is 29.0. The van der Waals surface area contributed by atoms with Crippen molar-refractivity contribution >= 4 is 27.7 Å². The van der Waals surface area contributed by atoms with Crippen molar-refractivity contribution in [1.82, 2.24) is 15.1 Å². The van der Waals surface area contributed by atoms with E-state index in [9.17, 15) is 9.59 Å². The first-order valence-electron chi connectivity index (χ1n) is 9.08. The van der Waals surface area contributed by atoms with Crippen LogP contribution in [0.2, 0.25) is 0 Å². The molecular weight excluding hydrogens is 398 g/mol. The smallest absolute Gasteiger partial charge is 0.234 e. The van der Waals surface area contributed by atoms with Crippen LogP contribution in [0.5, 0.6) is 0 Å². The average Bonchev–Trinajstić information content (AvgIpc) is 3.44. The molecule has 0 spiro atoms. The number of carbonyl (C=O) groups excluding carboxylic acids is 2. The third-order valence-electron chi connectivity index (χ3n) is 5.21. The lowest BCUT2D eigenvalue weighted by atomic mass is 9.94. The highest BCUT2D eigenvalue weighted by atomic mass is 79.9. The number of halogens is 1. The quantitative estimate of drug-likeness (QED) is 0.673. The summed E-state index contributed by atoms with van der Waals surface area (Å²) < 4.78 is 5.96. The summed E-state index contributed by atoms with van der Waals surface area (Å²) in [7, 11) is 1.61. The number of nitrogens with zero attached hydrogens (tertiary/aromatic N) is 2. The van der Waals surface area contributed by atoms with Crippen molar-refractivity contribution in [3.05, 3.63) is 34.3 Å². The van der Waals surface area contributed by atoms with E-state index in [2.05, 4.69) is 38.3 Å². The van der Waals surface area contributed by atoms with E-state index in [0.29, 0.717) is 32.8 Å². The first kappa shape index (κ1) is 19.3. The summed E-state index contributed by atoms with van der Waals surface area (Å²) in [6, 6.07) is 8.11. The molecule has 1 aliphatic heterocycles. The fourth-order valence-corrected chi connectivity index (χ4v) is 3.75. The van der Waals surface area contributed by atoms with Gasteiger partial charge in [0.15, 0.2) is 0 Å². The van der Waals surface area contributed by atoms with Crippen LogP contribution < -0.4 is 5.32 Å². The molecule has 1 aliphatic carbocycles. The molecule has 3 rings (SSSR count). The highest BCUT2D eigenvalue weighted by Gasteiger charge is 2.53. The largest absolute Gasteiger partial charge is 0.383 e. The predicted molar refractivity (Wildman–Crippen MR) is 103 cm³/mol. The second kappa shape index (κ2) is 8.50. The van der Waals surface area contributed by atoms with Crippen molar-refractivity contribution in [2.45, 2.75) is 18.3 Å². The molecule has 1 aromatic rings. The minimum atomic E-state index is -0.319. The minimum Gasteiger partial charge on any atom is -0.383 e. The third kappa shape index (κ3) is 4.45. The monoisotopic (exact) mass is 423 g/mol. The molecule has 26 heavy (non-hydrogen) atoms. The summed E-state index contributed by atoms with van der Waals surface area (Å²) >= 11 is 3.45. The molecule has 142 valence electrons. The third-order valence-corrected chi connectivity index (χ3v) is 5.74. The van der Waals surface area contributed by atoms with Gasteiger partial charge in [0.05, 0.1) is 18.6 Å². The Morgan fingerprint density at radius 2 is 1.81 bits per heavy atom. The van der Waals surface area contributed by atoms with Gasteiger partial charge < -0.3 is 15.0 Å². The molecule has 1 saturated heterocycles. The van der Waals surface area contributed by atoms with Crippen LogP contribution in [0.15, 0.2) is 28.7 Å². The summed E-state index contributed by atoms with van der Waals surface area (Å²) in [6.07, 6.45) is 1.85. The lowest BCUT2D eigenvalue weighted by Gasteiger charge is -2.36. The zero-order valence-electron chi connectivity index (χ0n) is 15.2. The molecule has 0 atom stereocenters. The standard InChI is InChI=1S/C19H26BrN3O3/c1-26-13-8-21-17(24)14-22-9-11-23(12-10-22)18(25)19(6-7-19)15-2-4-16(20)5-3-15/h2-5H,6-14H2,1H3,(H,21,24). The Labute approximate surface area is 163 Å². The second-order valence-electron chi connectivity index (χ2n) is 7.00. The number of piperazine rings is 1. The Bertz CT molecular complexity index is 638. The van der Waals surface area contributed by atoms with Gasteiger partial charge in [-0.15, -0.1) is 0 Å². The number of ether oxygens (including phenoxy) is 1. The zero-order chi connectivity index (χ0) is 18.6. The number of benzene rings is 1. The summed E-state index contributed by atoms with van der Waals surface area (Å²) in [6.45, 7) is 4.27. The fraction of sp³-hybridized carbons (Fsp3) is 0.579. The van der Waals surface area contributed by atoms with E-state index in [4.69, 9.17) is 4.74 Å². The van der Waals surface area contributed by atoms with Crippen LogP contribution in [0.25, 0.3) is 0 Å². The number of amides is 2. The lowest BCUT2D eigenvalue weighted by Crippen LogP contribution is -2.53. The maximum absolute atomic E-state index is 13.1. The highest BCUT2D eigenvalue weighted by Crippen LogP contribution is 2.49. The zero-order valence-corrected chi connectivity index (χ0v) is 16.8. The van der Waals surface area contributed by atoms with E-state index in [-0.39, 0.29) is 17.2 Å². The fourth-order valence-electron chi connectivity index (χ4n) is 3.48. The molecule has 0 bridgehead atoms. The molecule has 2 amide bonds. The molecule has 2 aliphatic rings. The normalized spacial score (nSPS) is 19.2. The van der Waals surface area contributed by atoms with E-state index in [1.54, 1.807) is 7.11 Å². The Balaban J connectivity index is 1.49. The first-order valence-corrected chi connectivity index (χ1v) is 9.88. The van der Waals surface area contributed by atoms with E-state index in [1.807, 2.05) is 17.0 Å². The van der Waals surface area contributed by atoms with Gasteiger partial charge in [-0.2, -0.15) is 0 Å². The van der Waals surface area contributed by atoms with E-state index < -0.39 is 0 Å². The van der Waals surface area contributed by atoms with Crippen LogP contribution >= 0.6 is 15.9 Å². The van der Waals surface area contributed by atoms with Gasteiger partial charge in [-0.25, -0.2) is 0 Å². The number of rotatable bonds is 7. The summed E-state index contributed by atoms with van der Waals surface area (Å²) in [5.74, 6) is 0.249. The molecule has 6 nitrogen and oxygen atoms in total. The Morgan fingerprint density at radius 3 is 2.38 bits per heavy atom. The molecule has 0 radical (unpaired) electrons. The van der Waals surface area contributed by atoms with Gasteiger partial charge >= 0.3 is 0 Å². The van der Waals surface area contributed by atoms with Gasteiger partial charge in [-0.1, -0.05) is 28.1 Å². The van der Waals surface area contributed by atoms with Crippen molar-refractivity contribution in [2.75, 3.05) is 53.0 Å². The van der Waals surface area contributed by atoms with Gasteiger partial charge in [0.25, 0.3) is 0 Å². The highest BCUT2D eigenvalue weighted by molar-refractivity contribution is 9.10. The summed E-state index contributed by atoms with van der Waals surface area (Å²) in [5, 5.41) is 2.84. The van der Waals surface area contributed by atoms with Crippen LogP contribution in [0, 0.1) is 0 Å². The molecule has 2 fully saturated rings. The molecule has 0 unspecified atom stereocenters. The van der Waals surface area contributed by atoms with Gasteiger partial charge in [0, 0.05) is 44.3 Å². The van der Waals surface area contributed by atoms with Crippen molar-refractivity contribution < 1.29 is 14.3 Å². The van der Waals surface area contributed by atoms with Crippen LogP contribution in [-0.4, -0.2) is 74.6 Å². The molecule has 1 N–H and O–H groups in total. The summed E-state index contributed by atoms with van der Waals surface area (Å²) in [5.41, 5.74) is 0.797. The van der Waals surface area contributed by atoms with Crippen molar-refractivity contribution in [2.24, 2.45) is 0 Å². The minimum absolute atomic E-state index is 0.00959. The second-order valence-corrected chi connectivity index (χ2v) is 7.92. The molecule has 1 saturated carbocycles. The number of methoxy groups -OCH3 is 1. The molecule has 1 heterocycles. The van der Waals surface area contributed by atoms with Crippen molar-refractivity contribution in [3.8, 4) is 0 Å². The van der Waals surface area contributed by atoms with Crippen LogP contribution in [0.4, 0.5) is 0 Å². The average molecular weight is 424 g/mol. The van der Waals surface area contributed by atoms with Crippen molar-refractivity contribution in [1.29, 1.82) is 0 Å². The predicted octanol–water partition coefficient (Wildman–Crippen LogP) is 1.39. The topological polar surface area (TPSA) is 61.9 Å². The Morgan fingerprint density at radius 1 is 1.15 bits per heavy atom. The van der Waals surface area contributed by atoms with Gasteiger partial charge in [-0.3, -0.25) is 14.5 Å². The molecule has 0 aromatic heterocycles. The maximum atomic E-state index is 13.1. The van der Waals surface area contributed by atoms with Gasteiger partial charge in [0.2, 0.25) is 11.8 Å². The number of nitrogens with one attached hydrogen (secondary N) is 1. The van der Waals surface area contributed by atoms with Crippen LogP contribution in [0.3, 0.4) is 0 Å². The van der Waals surface area contributed by atoms with E-state index in [1.165, 1.54) is 0 Å². The van der Waals surface area contributed by atoms with E-state index in [0.717, 1.165) is 36.0 Å².